The average molecular weight is 463 g/mol. The molecule has 1 atom stereocenters. The topological polar surface area (TPSA) is 134 Å². The van der Waals surface area contributed by atoms with Crippen LogP contribution in [0.3, 0.4) is 0 Å². The zero-order valence-electron chi connectivity index (χ0n) is 19.1. The molecule has 33 heavy (non-hydrogen) atoms. The molecule has 1 unspecified atom stereocenters. The Morgan fingerprint density at radius 2 is 1.76 bits per heavy atom. The SMILES string of the molecule is CCC(=O)CC(c1ccc([N+](=O)[O-])cc1)c1c([O-])c2ccccc2oc1=O.CCCCO.[Na+]. The second-order valence-corrected chi connectivity index (χ2v) is 7.20. The van der Waals surface area contributed by atoms with Gasteiger partial charge < -0.3 is 14.6 Å². The van der Waals surface area contributed by atoms with Gasteiger partial charge >= 0.3 is 35.2 Å². The molecule has 9 heteroatoms. The Labute approximate surface area is 213 Å². The second-order valence-electron chi connectivity index (χ2n) is 7.20. The number of hydrogen-bond donors (Lipinski definition) is 1. The van der Waals surface area contributed by atoms with E-state index in [1.165, 1.54) is 30.3 Å². The van der Waals surface area contributed by atoms with Gasteiger partial charge in [-0.05, 0) is 18.1 Å². The molecule has 170 valence electrons. The largest absolute Gasteiger partial charge is 1.00 e. The van der Waals surface area contributed by atoms with E-state index >= 15 is 0 Å². The van der Waals surface area contributed by atoms with E-state index in [0.29, 0.717) is 12.2 Å². The first kappa shape index (κ1) is 28.5. The molecule has 2 aromatic carbocycles. The minimum absolute atomic E-state index is 0. The first-order valence-electron chi connectivity index (χ1n) is 10.4. The molecule has 0 fully saturated rings. The molecular formula is C24H26NNaO7. The Morgan fingerprint density at radius 1 is 1.12 bits per heavy atom. The number of aliphatic hydroxyl groups is 1. The smallest absolute Gasteiger partial charge is 0.872 e. The van der Waals surface area contributed by atoms with Gasteiger partial charge in [-0.15, -0.1) is 0 Å². The normalized spacial score (nSPS) is 11.1. The number of non-ortho nitro benzene ring substituents is 1. The predicted octanol–water partition coefficient (Wildman–Crippen LogP) is 1.06. The maximum atomic E-state index is 12.9. The summed E-state index contributed by atoms with van der Waals surface area (Å²) in [7, 11) is 0. The fraction of sp³-hybridized carbons (Fsp3) is 0.333. The van der Waals surface area contributed by atoms with Crippen molar-refractivity contribution in [3.63, 3.8) is 0 Å². The van der Waals surface area contributed by atoms with Crippen LogP contribution in [0.4, 0.5) is 5.69 Å². The van der Waals surface area contributed by atoms with Gasteiger partial charge in [-0.2, -0.15) is 0 Å². The van der Waals surface area contributed by atoms with Gasteiger partial charge in [-0.1, -0.05) is 56.3 Å². The van der Waals surface area contributed by atoms with Crippen LogP contribution in [0.2, 0.25) is 0 Å². The molecule has 1 heterocycles. The number of fused-ring (bicyclic) bond motifs is 1. The van der Waals surface area contributed by atoms with Crippen molar-refractivity contribution in [3.8, 4) is 5.75 Å². The molecule has 0 spiro atoms. The van der Waals surface area contributed by atoms with Crippen LogP contribution in [0.15, 0.2) is 57.7 Å². The Hall–Kier alpha value is -2.52. The van der Waals surface area contributed by atoms with Gasteiger partial charge in [0.2, 0.25) is 0 Å². The maximum Gasteiger partial charge on any atom is 1.00 e. The van der Waals surface area contributed by atoms with Crippen molar-refractivity contribution < 1.29 is 53.9 Å². The van der Waals surface area contributed by atoms with Crippen LogP contribution < -0.4 is 40.3 Å². The number of unbranched alkanes of at least 4 members (excludes halogenated alkanes) is 1. The Bertz CT molecular complexity index is 1120. The Kier molecular flexibility index (Phi) is 12.0. The van der Waals surface area contributed by atoms with Crippen LogP contribution in [0.1, 0.15) is 56.6 Å². The summed E-state index contributed by atoms with van der Waals surface area (Å²) in [6.45, 7) is 4.09. The van der Waals surface area contributed by atoms with Gasteiger partial charge in [0, 0.05) is 48.4 Å². The van der Waals surface area contributed by atoms with E-state index in [1.54, 1.807) is 25.1 Å². The first-order chi connectivity index (χ1) is 15.3. The Balaban J connectivity index is 0.000000821. The molecule has 3 aromatic rings. The fourth-order valence-electron chi connectivity index (χ4n) is 3.18. The molecule has 8 nitrogen and oxygen atoms in total. The van der Waals surface area contributed by atoms with Crippen molar-refractivity contribution in [1.29, 1.82) is 0 Å². The summed E-state index contributed by atoms with van der Waals surface area (Å²) in [5.74, 6) is -1.45. The predicted molar refractivity (Wildman–Crippen MR) is 119 cm³/mol. The molecule has 0 amide bonds. The molecular weight excluding hydrogens is 437 g/mol. The summed E-state index contributed by atoms with van der Waals surface area (Å²) in [6, 6.07) is 11.9. The van der Waals surface area contributed by atoms with E-state index in [9.17, 15) is 24.8 Å². The molecule has 0 saturated heterocycles. The van der Waals surface area contributed by atoms with Gasteiger partial charge in [0.05, 0.1) is 4.92 Å². The first-order valence-corrected chi connectivity index (χ1v) is 10.4. The standard InChI is InChI=1S/C20H17NO6.C4H10O.Na/c1-2-14(22)11-16(12-7-9-13(10-8-12)21(25)26)18-19(23)15-5-3-4-6-17(15)27-20(18)24;1-2-3-4-5;/h3-10,16,23H,2,11H2,1H3;5H,2-4H2,1H3;/q;;+1/p-1. The van der Waals surface area contributed by atoms with Crippen molar-refractivity contribution >= 4 is 22.4 Å². The van der Waals surface area contributed by atoms with Crippen LogP contribution in [0.25, 0.3) is 11.0 Å². The second kappa shape index (κ2) is 13.9. The van der Waals surface area contributed by atoms with Crippen molar-refractivity contribution in [3.05, 3.63) is 80.2 Å². The zero-order chi connectivity index (χ0) is 23.7. The van der Waals surface area contributed by atoms with E-state index in [-0.39, 0.29) is 70.4 Å². The number of carbonyl (C=O) groups excluding carboxylic acids is 1. The fourth-order valence-corrected chi connectivity index (χ4v) is 3.18. The number of nitrogens with zero attached hydrogens (tertiary/aromatic N) is 1. The summed E-state index contributed by atoms with van der Waals surface area (Å²) in [4.78, 5) is 34.9. The molecule has 1 N–H and O–H groups in total. The van der Waals surface area contributed by atoms with Gasteiger partial charge in [-0.25, -0.2) is 4.79 Å². The molecule has 0 saturated carbocycles. The van der Waals surface area contributed by atoms with Crippen LogP contribution in [-0.4, -0.2) is 22.4 Å². The van der Waals surface area contributed by atoms with Crippen molar-refractivity contribution in [1.82, 2.24) is 0 Å². The van der Waals surface area contributed by atoms with Gasteiger partial charge in [0.1, 0.15) is 11.4 Å². The van der Waals surface area contributed by atoms with E-state index < -0.39 is 22.2 Å². The minimum Gasteiger partial charge on any atom is -0.872 e. The molecule has 0 aliphatic rings. The van der Waals surface area contributed by atoms with Gasteiger partial charge in [0.15, 0.2) is 0 Å². The van der Waals surface area contributed by atoms with Crippen molar-refractivity contribution in [2.75, 3.05) is 6.61 Å². The molecule has 3 rings (SSSR count). The van der Waals surface area contributed by atoms with E-state index in [1.807, 2.05) is 0 Å². The quantitative estimate of drug-likeness (QED) is 0.228. The number of hydrogen-bond acceptors (Lipinski definition) is 7. The third-order valence-corrected chi connectivity index (χ3v) is 4.99. The number of nitro benzene ring substituents is 1. The number of nitro groups is 1. The van der Waals surface area contributed by atoms with E-state index in [0.717, 1.165) is 12.8 Å². The maximum absolute atomic E-state index is 12.9. The monoisotopic (exact) mass is 463 g/mol. The average Bonchev–Trinajstić information content (AvgIpc) is 2.79. The van der Waals surface area contributed by atoms with Crippen LogP contribution >= 0.6 is 0 Å². The third kappa shape index (κ3) is 7.50. The number of rotatable bonds is 8. The number of benzene rings is 2. The number of para-hydroxylation sites is 1. The van der Waals surface area contributed by atoms with Gasteiger partial charge in [0.25, 0.3) is 5.69 Å². The molecule has 0 aliphatic heterocycles. The minimum atomic E-state index is -0.827. The molecule has 0 radical (unpaired) electrons. The summed E-state index contributed by atoms with van der Waals surface area (Å²) < 4.78 is 5.28. The number of Topliss-reactive ketones (excluding diaryl/α,β-unsaturated/α-hetero) is 1. The van der Waals surface area contributed by atoms with Crippen LogP contribution in [0, 0.1) is 10.1 Å². The van der Waals surface area contributed by atoms with E-state index in [2.05, 4.69) is 6.92 Å². The zero-order valence-corrected chi connectivity index (χ0v) is 21.1. The summed E-state index contributed by atoms with van der Waals surface area (Å²) in [5, 5.41) is 32.1. The summed E-state index contributed by atoms with van der Waals surface area (Å²) in [5.41, 5.74) is -0.398. The summed E-state index contributed by atoms with van der Waals surface area (Å²) >= 11 is 0. The van der Waals surface area contributed by atoms with Crippen molar-refractivity contribution in [2.45, 2.75) is 45.4 Å². The number of ketones is 1. The third-order valence-electron chi connectivity index (χ3n) is 4.99. The van der Waals surface area contributed by atoms with Crippen LogP contribution in [-0.2, 0) is 4.79 Å². The van der Waals surface area contributed by atoms with E-state index in [4.69, 9.17) is 9.52 Å². The Morgan fingerprint density at radius 3 is 2.27 bits per heavy atom. The van der Waals surface area contributed by atoms with Crippen molar-refractivity contribution in [2.24, 2.45) is 0 Å². The summed E-state index contributed by atoms with van der Waals surface area (Å²) in [6.07, 6.45) is 2.22. The number of aliphatic hydroxyl groups excluding tert-OH is 1. The van der Waals surface area contributed by atoms with Gasteiger partial charge in [-0.3, -0.25) is 14.9 Å². The molecule has 0 bridgehead atoms. The number of carbonyl (C=O) groups is 1. The molecule has 0 aliphatic carbocycles. The van der Waals surface area contributed by atoms with Crippen LogP contribution in [0.5, 0.6) is 5.75 Å². The molecule has 1 aromatic heterocycles.